The monoisotopic (exact) mass is 406 g/mol. The molecular formula is C22H22N4O4. The zero-order chi connectivity index (χ0) is 21.7. The van der Waals surface area contributed by atoms with Gasteiger partial charge in [-0.2, -0.15) is 5.10 Å². The van der Waals surface area contributed by atoms with Crippen LogP contribution in [0.2, 0.25) is 0 Å². The molecule has 0 aliphatic heterocycles. The molecule has 8 nitrogen and oxygen atoms in total. The minimum atomic E-state index is -0.514. The van der Waals surface area contributed by atoms with E-state index in [9.17, 15) is 14.9 Å². The number of nitro benzene ring substituents is 1. The number of amides is 1. The highest BCUT2D eigenvalue weighted by molar-refractivity contribution is 5.95. The molecule has 154 valence electrons. The summed E-state index contributed by atoms with van der Waals surface area (Å²) in [7, 11) is 0. The Morgan fingerprint density at radius 2 is 1.83 bits per heavy atom. The third-order valence-electron chi connectivity index (χ3n) is 4.59. The van der Waals surface area contributed by atoms with Gasteiger partial charge in [0, 0.05) is 40.3 Å². The largest absolute Gasteiger partial charge is 0.494 e. The lowest BCUT2D eigenvalue weighted by Crippen LogP contribution is -2.17. The SMILES string of the molecule is CCOc1ccc(-n2c(C)cc(/C=N\NC(=O)c3ccc([N+](=O)[O-])cc3)c2C)cc1. The van der Waals surface area contributed by atoms with Crippen molar-refractivity contribution in [1.82, 2.24) is 9.99 Å². The second-order valence-corrected chi connectivity index (χ2v) is 6.59. The van der Waals surface area contributed by atoms with Crippen molar-refractivity contribution in [3.63, 3.8) is 0 Å². The number of hydrogen-bond acceptors (Lipinski definition) is 5. The summed E-state index contributed by atoms with van der Waals surface area (Å²) >= 11 is 0. The fourth-order valence-electron chi connectivity index (χ4n) is 3.13. The van der Waals surface area contributed by atoms with Gasteiger partial charge in [0.1, 0.15) is 5.75 Å². The Kier molecular flexibility index (Phi) is 6.26. The highest BCUT2D eigenvalue weighted by atomic mass is 16.6. The molecule has 2 aromatic carbocycles. The average molecular weight is 406 g/mol. The molecule has 0 aliphatic rings. The predicted octanol–water partition coefficient (Wildman–Crippen LogP) is 4.16. The van der Waals surface area contributed by atoms with Crippen LogP contribution >= 0.6 is 0 Å². The number of hydrogen-bond donors (Lipinski definition) is 1. The zero-order valence-corrected chi connectivity index (χ0v) is 17.0. The van der Waals surface area contributed by atoms with Gasteiger partial charge in [0.15, 0.2) is 0 Å². The minimum absolute atomic E-state index is 0.0724. The number of nitrogens with one attached hydrogen (secondary N) is 1. The first-order valence-corrected chi connectivity index (χ1v) is 9.40. The Labute approximate surface area is 173 Å². The first kappa shape index (κ1) is 20.8. The van der Waals surface area contributed by atoms with Crippen molar-refractivity contribution in [2.24, 2.45) is 5.10 Å². The molecule has 0 spiro atoms. The molecule has 0 saturated heterocycles. The van der Waals surface area contributed by atoms with E-state index >= 15 is 0 Å². The van der Waals surface area contributed by atoms with Crippen molar-refractivity contribution in [2.75, 3.05) is 6.61 Å². The maximum Gasteiger partial charge on any atom is 0.271 e. The van der Waals surface area contributed by atoms with E-state index in [4.69, 9.17) is 4.74 Å². The summed E-state index contributed by atoms with van der Waals surface area (Å²) < 4.78 is 7.58. The fourth-order valence-corrected chi connectivity index (χ4v) is 3.13. The third-order valence-corrected chi connectivity index (χ3v) is 4.59. The Balaban J connectivity index is 1.72. The molecule has 0 radical (unpaired) electrons. The molecule has 8 heteroatoms. The van der Waals surface area contributed by atoms with Crippen LogP contribution in [-0.4, -0.2) is 28.2 Å². The summed E-state index contributed by atoms with van der Waals surface area (Å²) in [4.78, 5) is 22.3. The molecule has 3 aromatic rings. The highest BCUT2D eigenvalue weighted by Gasteiger charge is 2.11. The van der Waals surface area contributed by atoms with Gasteiger partial charge in [0.25, 0.3) is 11.6 Å². The number of non-ortho nitro benzene ring substituents is 1. The van der Waals surface area contributed by atoms with E-state index in [0.717, 1.165) is 28.4 Å². The van der Waals surface area contributed by atoms with Crippen molar-refractivity contribution in [2.45, 2.75) is 20.8 Å². The van der Waals surface area contributed by atoms with Gasteiger partial charge in [0.05, 0.1) is 17.7 Å². The summed E-state index contributed by atoms with van der Waals surface area (Å²) in [6.07, 6.45) is 1.58. The van der Waals surface area contributed by atoms with Crippen LogP contribution in [0.1, 0.15) is 34.2 Å². The van der Waals surface area contributed by atoms with E-state index in [2.05, 4.69) is 15.1 Å². The van der Waals surface area contributed by atoms with E-state index in [-0.39, 0.29) is 11.3 Å². The van der Waals surface area contributed by atoms with Crippen molar-refractivity contribution >= 4 is 17.8 Å². The van der Waals surface area contributed by atoms with Crippen LogP contribution in [0.15, 0.2) is 59.7 Å². The Hall–Kier alpha value is -3.94. The molecule has 30 heavy (non-hydrogen) atoms. The van der Waals surface area contributed by atoms with Gasteiger partial charge in [0.2, 0.25) is 0 Å². The maximum atomic E-state index is 12.2. The smallest absolute Gasteiger partial charge is 0.271 e. The standard InChI is InChI=1S/C22H22N4O4/c1-4-30-21-11-9-19(10-12-21)25-15(2)13-18(16(25)3)14-23-24-22(27)17-5-7-20(8-6-17)26(28)29/h5-14H,4H2,1-3H3,(H,24,27)/b23-14-. The highest BCUT2D eigenvalue weighted by Crippen LogP contribution is 2.22. The molecule has 1 aromatic heterocycles. The number of aromatic nitrogens is 1. The van der Waals surface area contributed by atoms with Gasteiger partial charge >= 0.3 is 0 Å². The van der Waals surface area contributed by atoms with E-state index in [0.29, 0.717) is 6.61 Å². The summed E-state index contributed by atoms with van der Waals surface area (Å²) in [5.74, 6) is 0.376. The first-order valence-electron chi connectivity index (χ1n) is 9.40. The van der Waals surface area contributed by atoms with Crippen LogP contribution in [0.4, 0.5) is 5.69 Å². The number of rotatable bonds is 7. The molecule has 1 heterocycles. The molecule has 0 aliphatic carbocycles. The average Bonchev–Trinajstić information content (AvgIpc) is 3.02. The summed E-state index contributed by atoms with van der Waals surface area (Å²) in [6, 6.07) is 15.2. The molecule has 1 amide bonds. The molecule has 0 unspecified atom stereocenters. The maximum absolute atomic E-state index is 12.2. The van der Waals surface area contributed by atoms with Crippen LogP contribution in [0.25, 0.3) is 5.69 Å². The van der Waals surface area contributed by atoms with Crippen LogP contribution in [0, 0.1) is 24.0 Å². The lowest BCUT2D eigenvalue weighted by Gasteiger charge is -2.10. The van der Waals surface area contributed by atoms with Gasteiger partial charge < -0.3 is 9.30 Å². The molecule has 3 rings (SSSR count). The topological polar surface area (TPSA) is 98.8 Å². The van der Waals surface area contributed by atoms with Gasteiger partial charge in [-0.25, -0.2) is 5.43 Å². The lowest BCUT2D eigenvalue weighted by atomic mass is 10.2. The predicted molar refractivity (Wildman–Crippen MR) is 115 cm³/mol. The molecular weight excluding hydrogens is 384 g/mol. The van der Waals surface area contributed by atoms with Crippen LogP contribution < -0.4 is 10.2 Å². The fraction of sp³-hybridized carbons (Fsp3) is 0.182. The van der Waals surface area contributed by atoms with Gasteiger partial charge in [-0.05, 0) is 63.2 Å². The van der Waals surface area contributed by atoms with Crippen molar-refractivity contribution in [3.05, 3.63) is 87.2 Å². The van der Waals surface area contributed by atoms with Crippen molar-refractivity contribution < 1.29 is 14.5 Å². The van der Waals surface area contributed by atoms with Gasteiger partial charge in [-0.3, -0.25) is 14.9 Å². The molecule has 0 bridgehead atoms. The molecule has 0 saturated carbocycles. The lowest BCUT2D eigenvalue weighted by molar-refractivity contribution is -0.384. The number of hydrazone groups is 1. The molecule has 0 atom stereocenters. The van der Waals surface area contributed by atoms with Crippen LogP contribution in [-0.2, 0) is 0 Å². The number of nitro groups is 1. The molecule has 0 fully saturated rings. The molecule has 1 N–H and O–H groups in total. The summed E-state index contributed by atoms with van der Waals surface area (Å²) in [5, 5.41) is 14.7. The first-order chi connectivity index (χ1) is 14.4. The normalized spacial score (nSPS) is 10.9. The Bertz CT molecular complexity index is 1080. The van der Waals surface area contributed by atoms with E-state index in [1.807, 2.05) is 51.1 Å². The van der Waals surface area contributed by atoms with Crippen molar-refractivity contribution in [1.29, 1.82) is 0 Å². The minimum Gasteiger partial charge on any atom is -0.494 e. The number of aryl methyl sites for hydroxylation is 1. The summed E-state index contributed by atoms with van der Waals surface area (Å²) in [5.41, 5.74) is 6.54. The second-order valence-electron chi connectivity index (χ2n) is 6.59. The number of carbonyl (C=O) groups is 1. The van der Waals surface area contributed by atoms with Gasteiger partial charge in [-0.15, -0.1) is 0 Å². The number of benzene rings is 2. The van der Waals surface area contributed by atoms with Crippen molar-refractivity contribution in [3.8, 4) is 11.4 Å². The van der Waals surface area contributed by atoms with E-state index in [1.165, 1.54) is 24.3 Å². The Morgan fingerprint density at radius 1 is 1.17 bits per heavy atom. The second kappa shape index (κ2) is 9.04. The van der Waals surface area contributed by atoms with Gasteiger partial charge in [-0.1, -0.05) is 0 Å². The van der Waals surface area contributed by atoms with Crippen LogP contribution in [0.3, 0.4) is 0 Å². The Morgan fingerprint density at radius 3 is 2.43 bits per heavy atom. The summed E-state index contributed by atoms with van der Waals surface area (Å²) in [6.45, 7) is 6.53. The number of nitrogens with zero attached hydrogens (tertiary/aromatic N) is 3. The van der Waals surface area contributed by atoms with E-state index in [1.54, 1.807) is 6.21 Å². The van der Waals surface area contributed by atoms with E-state index < -0.39 is 10.8 Å². The third kappa shape index (κ3) is 4.54. The number of ether oxygens (including phenoxy) is 1. The zero-order valence-electron chi connectivity index (χ0n) is 17.0. The number of carbonyl (C=O) groups excluding carboxylic acids is 1. The quantitative estimate of drug-likeness (QED) is 0.362. The van der Waals surface area contributed by atoms with Crippen LogP contribution in [0.5, 0.6) is 5.75 Å².